The van der Waals surface area contributed by atoms with E-state index in [-0.39, 0.29) is 11.5 Å². The van der Waals surface area contributed by atoms with E-state index in [1.807, 2.05) is 6.92 Å². The molecule has 1 aromatic carbocycles. The highest BCUT2D eigenvalue weighted by atomic mass is 19.1. The van der Waals surface area contributed by atoms with Gasteiger partial charge in [-0.3, -0.25) is 4.79 Å². The number of carbonyl (C=O) groups excluding carboxylic acids is 1. The Morgan fingerprint density at radius 1 is 1.56 bits per heavy atom. The van der Waals surface area contributed by atoms with Crippen molar-refractivity contribution in [3.8, 4) is 0 Å². The van der Waals surface area contributed by atoms with Crippen molar-refractivity contribution in [2.45, 2.75) is 32.2 Å². The van der Waals surface area contributed by atoms with Gasteiger partial charge in [-0.25, -0.2) is 4.39 Å². The summed E-state index contributed by atoms with van der Waals surface area (Å²) in [5, 5.41) is 6.14. The summed E-state index contributed by atoms with van der Waals surface area (Å²) >= 11 is 0. The van der Waals surface area contributed by atoms with E-state index in [4.69, 9.17) is 0 Å². The molecule has 0 bridgehead atoms. The molecule has 3 nitrogen and oxygen atoms in total. The highest BCUT2D eigenvalue weighted by Crippen LogP contribution is 2.11. The number of aryl methyl sites for hydroxylation is 1. The van der Waals surface area contributed by atoms with Gasteiger partial charge in [0.05, 0.1) is 5.56 Å². The first-order valence-corrected chi connectivity index (χ1v) is 6.44. The molecule has 1 aliphatic rings. The number of halogens is 1. The van der Waals surface area contributed by atoms with Gasteiger partial charge in [-0.2, -0.15) is 0 Å². The zero-order chi connectivity index (χ0) is 13.0. The number of hydrogen-bond acceptors (Lipinski definition) is 2. The van der Waals surface area contributed by atoms with Crippen molar-refractivity contribution >= 4 is 5.91 Å². The fourth-order valence-electron chi connectivity index (χ4n) is 2.27. The Labute approximate surface area is 107 Å². The third kappa shape index (κ3) is 3.29. The second-order valence-corrected chi connectivity index (χ2v) is 4.82. The van der Waals surface area contributed by atoms with Crippen LogP contribution in [0.25, 0.3) is 0 Å². The van der Waals surface area contributed by atoms with Crippen LogP contribution in [0.1, 0.15) is 35.2 Å². The molecule has 2 rings (SSSR count). The summed E-state index contributed by atoms with van der Waals surface area (Å²) in [4.78, 5) is 11.8. The molecule has 98 valence electrons. The van der Waals surface area contributed by atoms with Gasteiger partial charge in [0.15, 0.2) is 0 Å². The standard InChI is InChI=1S/C14H19FN2O/c1-10-4-5-13(15)12(9-10)14(18)17-8-6-11-3-2-7-16-11/h4-5,9,11,16H,2-3,6-8H2,1H3,(H,17,18). The minimum absolute atomic E-state index is 0.134. The molecule has 1 fully saturated rings. The summed E-state index contributed by atoms with van der Waals surface area (Å²) in [5.41, 5.74) is 1.02. The van der Waals surface area contributed by atoms with Gasteiger partial charge in [0.25, 0.3) is 5.91 Å². The zero-order valence-corrected chi connectivity index (χ0v) is 10.6. The third-order valence-corrected chi connectivity index (χ3v) is 3.31. The Bertz CT molecular complexity index is 428. The number of nitrogens with one attached hydrogen (secondary N) is 2. The molecule has 0 radical (unpaired) electrons. The van der Waals surface area contributed by atoms with Gasteiger partial charge in [0.2, 0.25) is 0 Å². The van der Waals surface area contributed by atoms with Crippen LogP contribution in [0.3, 0.4) is 0 Å². The maximum atomic E-state index is 13.5. The van der Waals surface area contributed by atoms with E-state index in [2.05, 4.69) is 10.6 Å². The molecule has 0 aromatic heterocycles. The quantitative estimate of drug-likeness (QED) is 0.858. The monoisotopic (exact) mass is 250 g/mol. The highest BCUT2D eigenvalue weighted by Gasteiger charge is 2.15. The van der Waals surface area contributed by atoms with Gasteiger partial charge in [0.1, 0.15) is 5.82 Å². The van der Waals surface area contributed by atoms with Crippen LogP contribution < -0.4 is 10.6 Å². The molecular formula is C14H19FN2O. The Hall–Kier alpha value is -1.42. The van der Waals surface area contributed by atoms with E-state index in [1.54, 1.807) is 12.1 Å². The van der Waals surface area contributed by atoms with E-state index in [0.29, 0.717) is 12.6 Å². The minimum Gasteiger partial charge on any atom is -0.352 e. The lowest BCUT2D eigenvalue weighted by Crippen LogP contribution is -2.31. The fourth-order valence-corrected chi connectivity index (χ4v) is 2.27. The van der Waals surface area contributed by atoms with Crippen LogP contribution in [0, 0.1) is 12.7 Å². The van der Waals surface area contributed by atoms with Crippen LogP contribution in [-0.4, -0.2) is 25.0 Å². The average molecular weight is 250 g/mol. The Kier molecular flexibility index (Phi) is 4.31. The molecule has 0 aliphatic carbocycles. The summed E-state index contributed by atoms with van der Waals surface area (Å²) in [5.74, 6) is -0.786. The average Bonchev–Trinajstić information content (AvgIpc) is 2.85. The van der Waals surface area contributed by atoms with E-state index in [9.17, 15) is 9.18 Å². The van der Waals surface area contributed by atoms with E-state index < -0.39 is 5.82 Å². The second kappa shape index (κ2) is 5.96. The van der Waals surface area contributed by atoms with Crippen LogP contribution in [0.2, 0.25) is 0 Å². The lowest BCUT2D eigenvalue weighted by Gasteiger charge is -2.11. The van der Waals surface area contributed by atoms with E-state index in [1.165, 1.54) is 12.5 Å². The van der Waals surface area contributed by atoms with E-state index in [0.717, 1.165) is 24.9 Å². The van der Waals surface area contributed by atoms with Crippen molar-refractivity contribution in [2.75, 3.05) is 13.1 Å². The Balaban J connectivity index is 1.85. The van der Waals surface area contributed by atoms with Gasteiger partial charge in [0, 0.05) is 12.6 Å². The summed E-state index contributed by atoms with van der Waals surface area (Å²) in [7, 11) is 0. The molecule has 4 heteroatoms. The van der Waals surface area contributed by atoms with Crippen LogP contribution in [-0.2, 0) is 0 Å². The summed E-state index contributed by atoms with van der Waals surface area (Å²) in [6.45, 7) is 3.49. The van der Waals surface area contributed by atoms with Crippen molar-refractivity contribution < 1.29 is 9.18 Å². The second-order valence-electron chi connectivity index (χ2n) is 4.82. The van der Waals surface area contributed by atoms with Gasteiger partial charge in [-0.1, -0.05) is 11.6 Å². The number of rotatable bonds is 4. The minimum atomic E-state index is -0.461. The number of hydrogen-bond donors (Lipinski definition) is 2. The van der Waals surface area contributed by atoms with Crippen molar-refractivity contribution in [1.29, 1.82) is 0 Å². The summed E-state index contributed by atoms with van der Waals surface area (Å²) in [6, 6.07) is 5.07. The summed E-state index contributed by atoms with van der Waals surface area (Å²) < 4.78 is 13.5. The largest absolute Gasteiger partial charge is 0.352 e. The molecule has 1 saturated heterocycles. The molecule has 18 heavy (non-hydrogen) atoms. The van der Waals surface area contributed by atoms with Crippen LogP contribution >= 0.6 is 0 Å². The van der Waals surface area contributed by atoms with Crippen molar-refractivity contribution in [2.24, 2.45) is 0 Å². The lowest BCUT2D eigenvalue weighted by atomic mass is 10.1. The molecule has 2 N–H and O–H groups in total. The van der Waals surface area contributed by atoms with Crippen LogP contribution in [0.15, 0.2) is 18.2 Å². The predicted molar refractivity (Wildman–Crippen MR) is 69.1 cm³/mol. The molecule has 1 aliphatic heterocycles. The molecule has 0 spiro atoms. The number of amides is 1. The van der Waals surface area contributed by atoms with Gasteiger partial charge < -0.3 is 10.6 Å². The summed E-state index contributed by atoms with van der Waals surface area (Å²) in [6.07, 6.45) is 3.26. The van der Waals surface area contributed by atoms with Crippen molar-refractivity contribution in [3.05, 3.63) is 35.1 Å². The van der Waals surface area contributed by atoms with Gasteiger partial charge >= 0.3 is 0 Å². The number of carbonyl (C=O) groups is 1. The Morgan fingerprint density at radius 2 is 2.39 bits per heavy atom. The van der Waals surface area contributed by atoms with Crippen molar-refractivity contribution in [3.63, 3.8) is 0 Å². The maximum Gasteiger partial charge on any atom is 0.254 e. The molecule has 1 atom stereocenters. The first kappa shape index (κ1) is 13.0. The fraction of sp³-hybridized carbons (Fsp3) is 0.500. The SMILES string of the molecule is Cc1ccc(F)c(C(=O)NCCC2CCCN2)c1. The van der Waals surface area contributed by atoms with Crippen LogP contribution in [0.4, 0.5) is 4.39 Å². The molecule has 1 amide bonds. The first-order valence-electron chi connectivity index (χ1n) is 6.44. The molecule has 1 heterocycles. The zero-order valence-electron chi connectivity index (χ0n) is 10.6. The predicted octanol–water partition coefficient (Wildman–Crippen LogP) is 2.01. The normalized spacial score (nSPS) is 18.9. The maximum absolute atomic E-state index is 13.5. The Morgan fingerprint density at radius 3 is 3.11 bits per heavy atom. The topological polar surface area (TPSA) is 41.1 Å². The van der Waals surface area contributed by atoms with E-state index >= 15 is 0 Å². The van der Waals surface area contributed by atoms with Gasteiger partial charge in [-0.15, -0.1) is 0 Å². The van der Waals surface area contributed by atoms with Gasteiger partial charge in [-0.05, 0) is 44.9 Å². The molecule has 1 unspecified atom stereocenters. The smallest absolute Gasteiger partial charge is 0.254 e. The van der Waals surface area contributed by atoms with Crippen molar-refractivity contribution in [1.82, 2.24) is 10.6 Å². The molecule has 0 saturated carbocycles. The lowest BCUT2D eigenvalue weighted by molar-refractivity contribution is 0.0948. The highest BCUT2D eigenvalue weighted by molar-refractivity contribution is 5.94. The molecule has 1 aromatic rings. The first-order chi connectivity index (χ1) is 8.66. The van der Waals surface area contributed by atoms with Crippen LogP contribution in [0.5, 0.6) is 0 Å². The molecular weight excluding hydrogens is 231 g/mol. The number of benzene rings is 1. The third-order valence-electron chi connectivity index (χ3n) is 3.31.